The zero-order valence-electron chi connectivity index (χ0n) is 8.82. The Balaban J connectivity index is 1.86. The van der Waals surface area contributed by atoms with E-state index >= 15 is 0 Å². The summed E-state index contributed by atoms with van der Waals surface area (Å²) in [6.45, 7) is 0.620. The molecule has 5 nitrogen and oxygen atoms in total. The Kier molecular flexibility index (Phi) is 3.85. The van der Waals surface area contributed by atoms with Gasteiger partial charge in [-0.05, 0) is 31.4 Å². The molecule has 0 radical (unpaired) electrons. The zero-order chi connectivity index (χ0) is 10.5. The van der Waals surface area contributed by atoms with Gasteiger partial charge < -0.3 is 15.1 Å². The van der Waals surface area contributed by atoms with Gasteiger partial charge in [0.1, 0.15) is 0 Å². The van der Waals surface area contributed by atoms with E-state index in [1.165, 1.54) is 24.3 Å². The van der Waals surface area contributed by atoms with Crippen LogP contribution in [-0.2, 0) is 6.54 Å². The van der Waals surface area contributed by atoms with Gasteiger partial charge in [-0.25, -0.2) is 0 Å². The van der Waals surface area contributed by atoms with E-state index in [0.29, 0.717) is 24.5 Å². The summed E-state index contributed by atoms with van der Waals surface area (Å²) in [6, 6.07) is 1.05. The van der Waals surface area contributed by atoms with Crippen LogP contribution in [0, 0.1) is 0 Å². The van der Waals surface area contributed by atoms with Crippen molar-refractivity contribution in [1.29, 1.82) is 0 Å². The van der Waals surface area contributed by atoms with Crippen LogP contribution in [0.25, 0.3) is 0 Å². The van der Waals surface area contributed by atoms with E-state index in [2.05, 4.69) is 20.8 Å². The summed E-state index contributed by atoms with van der Waals surface area (Å²) in [5, 5.41) is 14.1. The van der Waals surface area contributed by atoms with Gasteiger partial charge in [-0.15, -0.1) is 5.10 Å². The zero-order valence-corrected chi connectivity index (χ0v) is 9.64. The van der Waals surface area contributed by atoms with Crippen LogP contribution in [0.1, 0.15) is 18.7 Å². The molecule has 1 aromatic heterocycles. The Hall–Kier alpha value is -0.750. The topological polar surface area (TPSA) is 63.0 Å². The lowest BCUT2D eigenvalue weighted by atomic mass is 10.2. The minimum atomic E-state index is 0.495. The van der Waals surface area contributed by atoms with Gasteiger partial charge in [0.05, 0.1) is 6.54 Å². The van der Waals surface area contributed by atoms with Crippen molar-refractivity contribution >= 4 is 17.8 Å². The number of anilines is 1. The van der Waals surface area contributed by atoms with Crippen molar-refractivity contribution in [2.75, 3.05) is 23.9 Å². The Morgan fingerprint density at radius 1 is 1.40 bits per heavy atom. The van der Waals surface area contributed by atoms with Crippen LogP contribution in [0.4, 0.5) is 6.01 Å². The highest BCUT2D eigenvalue weighted by Crippen LogP contribution is 2.20. The van der Waals surface area contributed by atoms with E-state index in [1.807, 2.05) is 18.8 Å². The van der Waals surface area contributed by atoms with Crippen molar-refractivity contribution in [2.45, 2.75) is 25.4 Å². The fourth-order valence-corrected chi connectivity index (χ4v) is 2.66. The Morgan fingerprint density at radius 3 is 2.93 bits per heavy atom. The van der Waals surface area contributed by atoms with Crippen molar-refractivity contribution in [3.8, 4) is 0 Å². The molecule has 15 heavy (non-hydrogen) atoms. The number of hydrogen-bond donors (Lipinski definition) is 2. The molecule has 1 fully saturated rings. The van der Waals surface area contributed by atoms with Crippen LogP contribution in [-0.4, -0.2) is 34.8 Å². The first-order chi connectivity index (χ1) is 7.38. The highest BCUT2D eigenvalue weighted by Gasteiger charge is 2.15. The number of hydrogen-bond acceptors (Lipinski definition) is 6. The highest BCUT2D eigenvalue weighted by molar-refractivity contribution is 7.99. The predicted octanol–water partition coefficient (Wildman–Crippen LogP) is 1.10. The van der Waals surface area contributed by atoms with Gasteiger partial charge in [-0.2, -0.15) is 11.8 Å². The molecule has 2 rings (SSSR count). The lowest BCUT2D eigenvalue weighted by molar-refractivity contribution is 0.481. The standard InChI is InChI=1S/C9H16N4OS/c1-10-6-8-12-13-9(14-8)11-7-2-4-15-5-3-7/h7,10H,2-6H2,1H3,(H,11,13). The number of nitrogens with one attached hydrogen (secondary N) is 2. The molecule has 1 aliphatic rings. The molecule has 0 aromatic carbocycles. The molecule has 0 unspecified atom stereocenters. The van der Waals surface area contributed by atoms with Crippen molar-refractivity contribution in [3.05, 3.63) is 5.89 Å². The molecule has 0 spiro atoms. The third kappa shape index (κ3) is 3.10. The fourth-order valence-electron chi connectivity index (χ4n) is 1.55. The van der Waals surface area contributed by atoms with Crippen LogP contribution in [0.2, 0.25) is 0 Å². The first kappa shape index (κ1) is 10.8. The lowest BCUT2D eigenvalue weighted by Gasteiger charge is -2.20. The molecule has 0 aliphatic carbocycles. The van der Waals surface area contributed by atoms with Gasteiger partial charge in [0, 0.05) is 6.04 Å². The van der Waals surface area contributed by atoms with E-state index in [0.717, 1.165) is 0 Å². The molecule has 0 saturated carbocycles. The van der Waals surface area contributed by atoms with Crippen molar-refractivity contribution in [1.82, 2.24) is 15.5 Å². The minimum Gasteiger partial charge on any atom is -0.407 e. The second-order valence-corrected chi connectivity index (χ2v) is 4.79. The van der Waals surface area contributed by atoms with Crippen molar-refractivity contribution in [3.63, 3.8) is 0 Å². The Bertz CT molecular complexity index is 298. The molecule has 1 aromatic rings. The molecule has 0 atom stereocenters. The first-order valence-corrected chi connectivity index (χ1v) is 6.35. The summed E-state index contributed by atoms with van der Waals surface area (Å²) in [6.07, 6.45) is 2.35. The minimum absolute atomic E-state index is 0.495. The Labute approximate surface area is 93.4 Å². The molecular weight excluding hydrogens is 212 g/mol. The number of nitrogens with zero attached hydrogens (tertiary/aromatic N) is 2. The summed E-state index contributed by atoms with van der Waals surface area (Å²) < 4.78 is 5.42. The monoisotopic (exact) mass is 228 g/mol. The number of rotatable bonds is 4. The van der Waals surface area contributed by atoms with Gasteiger partial charge in [-0.3, -0.25) is 0 Å². The smallest absolute Gasteiger partial charge is 0.315 e. The van der Waals surface area contributed by atoms with Gasteiger partial charge in [-0.1, -0.05) is 5.10 Å². The van der Waals surface area contributed by atoms with E-state index < -0.39 is 0 Å². The van der Waals surface area contributed by atoms with Crippen molar-refractivity contribution in [2.24, 2.45) is 0 Å². The summed E-state index contributed by atoms with van der Waals surface area (Å²) in [4.78, 5) is 0. The predicted molar refractivity (Wildman–Crippen MR) is 61.0 cm³/mol. The van der Waals surface area contributed by atoms with Crippen LogP contribution in [0.15, 0.2) is 4.42 Å². The van der Waals surface area contributed by atoms with Crippen molar-refractivity contribution < 1.29 is 4.42 Å². The SMILES string of the molecule is CNCc1nnc(NC2CCSCC2)o1. The molecule has 1 aliphatic heterocycles. The summed E-state index contributed by atoms with van der Waals surface area (Å²) >= 11 is 2.01. The molecule has 1 saturated heterocycles. The summed E-state index contributed by atoms with van der Waals surface area (Å²) in [5.41, 5.74) is 0. The van der Waals surface area contributed by atoms with Gasteiger partial charge >= 0.3 is 6.01 Å². The van der Waals surface area contributed by atoms with Crippen LogP contribution < -0.4 is 10.6 Å². The molecule has 2 heterocycles. The fraction of sp³-hybridized carbons (Fsp3) is 0.778. The maximum Gasteiger partial charge on any atom is 0.315 e. The van der Waals surface area contributed by atoms with Crippen LogP contribution >= 0.6 is 11.8 Å². The quantitative estimate of drug-likeness (QED) is 0.804. The second kappa shape index (κ2) is 5.37. The highest BCUT2D eigenvalue weighted by atomic mass is 32.2. The van der Waals surface area contributed by atoms with E-state index in [9.17, 15) is 0 Å². The molecule has 0 amide bonds. The largest absolute Gasteiger partial charge is 0.407 e. The van der Waals surface area contributed by atoms with Gasteiger partial charge in [0.25, 0.3) is 0 Å². The normalized spacial score (nSPS) is 17.9. The maximum atomic E-state index is 5.42. The third-order valence-electron chi connectivity index (χ3n) is 2.34. The average molecular weight is 228 g/mol. The summed E-state index contributed by atoms with van der Waals surface area (Å²) in [7, 11) is 1.86. The van der Waals surface area contributed by atoms with Gasteiger partial charge in [0.2, 0.25) is 5.89 Å². The van der Waals surface area contributed by atoms with Gasteiger partial charge in [0.15, 0.2) is 0 Å². The maximum absolute atomic E-state index is 5.42. The van der Waals surface area contributed by atoms with Crippen LogP contribution in [0.3, 0.4) is 0 Å². The van der Waals surface area contributed by atoms with E-state index in [1.54, 1.807) is 0 Å². The molecule has 2 N–H and O–H groups in total. The average Bonchev–Trinajstić information content (AvgIpc) is 2.68. The molecule has 0 bridgehead atoms. The molecular formula is C9H16N4OS. The second-order valence-electron chi connectivity index (χ2n) is 3.56. The number of thioether (sulfide) groups is 1. The van der Waals surface area contributed by atoms with E-state index in [-0.39, 0.29) is 0 Å². The first-order valence-electron chi connectivity index (χ1n) is 5.20. The third-order valence-corrected chi connectivity index (χ3v) is 3.39. The molecule has 6 heteroatoms. The lowest BCUT2D eigenvalue weighted by Crippen LogP contribution is -2.24. The Morgan fingerprint density at radius 2 is 2.20 bits per heavy atom. The van der Waals surface area contributed by atoms with E-state index in [4.69, 9.17) is 4.42 Å². The summed E-state index contributed by atoms with van der Waals surface area (Å²) in [5.74, 6) is 3.06. The van der Waals surface area contributed by atoms with Crippen LogP contribution in [0.5, 0.6) is 0 Å². The number of aromatic nitrogens is 2. The molecule has 84 valence electrons.